The molecule has 0 bridgehead atoms. The fourth-order valence-electron chi connectivity index (χ4n) is 1.88. The van der Waals surface area contributed by atoms with Crippen LogP contribution in [0.1, 0.15) is 29.8 Å². The molecule has 0 aliphatic rings. The second-order valence-electron chi connectivity index (χ2n) is 5.24. The highest BCUT2D eigenvalue weighted by atomic mass is 19.1. The third-order valence-corrected chi connectivity index (χ3v) is 2.90. The lowest BCUT2D eigenvalue weighted by molar-refractivity contribution is 0.0959. The lowest BCUT2D eigenvalue weighted by atomic mass is 10.2. The number of benzene rings is 2. The van der Waals surface area contributed by atoms with Crippen molar-refractivity contribution in [2.75, 3.05) is 0 Å². The first kappa shape index (κ1) is 16.7. The lowest BCUT2D eigenvalue weighted by Crippen LogP contribution is -2.34. The number of amides is 1. The second-order valence-corrected chi connectivity index (χ2v) is 5.24. The van der Waals surface area contributed by atoms with Gasteiger partial charge in [0.15, 0.2) is 0 Å². The van der Waals surface area contributed by atoms with Crippen LogP contribution < -0.4 is 5.32 Å². The zero-order valence-corrected chi connectivity index (χ0v) is 13.1. The minimum atomic E-state index is -0.467. The molecule has 0 fully saturated rings. The van der Waals surface area contributed by atoms with Crippen LogP contribution in [0.5, 0.6) is 0 Å². The highest BCUT2D eigenvalue weighted by Crippen LogP contribution is 2.05. The van der Waals surface area contributed by atoms with Gasteiger partial charge in [0, 0.05) is 5.56 Å². The molecule has 120 valence electrons. The Balaban J connectivity index is 2.10. The summed E-state index contributed by atoms with van der Waals surface area (Å²) in [5.41, 5.74) is 1.21. The third kappa shape index (κ3) is 5.54. The van der Waals surface area contributed by atoms with Gasteiger partial charge in [0.2, 0.25) is 0 Å². The van der Waals surface area contributed by atoms with Crippen LogP contribution >= 0.6 is 0 Å². The number of halogens is 1. The van der Waals surface area contributed by atoms with Crippen LogP contribution in [-0.2, 0) is 11.3 Å². The van der Waals surface area contributed by atoms with Crippen molar-refractivity contribution >= 4 is 11.9 Å². The van der Waals surface area contributed by atoms with Gasteiger partial charge < -0.3 is 4.74 Å². The lowest BCUT2D eigenvalue weighted by Gasteiger charge is -2.13. The standard InChI is InChI=1S/C18H19FN2O2/c1-13(2)23-18(20-12-14-7-4-3-5-8-14)21-17(22)15-9-6-10-16(19)11-15/h3-11,13H,12H2,1-2H3,(H,20,21,22). The van der Waals surface area contributed by atoms with Gasteiger partial charge >= 0.3 is 0 Å². The number of hydrogen-bond donors (Lipinski definition) is 1. The summed E-state index contributed by atoms with van der Waals surface area (Å²) >= 11 is 0. The molecule has 0 aromatic heterocycles. The number of amidine groups is 1. The van der Waals surface area contributed by atoms with Crippen molar-refractivity contribution in [3.63, 3.8) is 0 Å². The van der Waals surface area contributed by atoms with E-state index in [0.717, 1.165) is 5.56 Å². The molecule has 0 aliphatic carbocycles. The highest BCUT2D eigenvalue weighted by Gasteiger charge is 2.12. The van der Waals surface area contributed by atoms with Crippen molar-refractivity contribution in [3.05, 3.63) is 71.5 Å². The number of carbonyl (C=O) groups excluding carboxylic acids is 1. The highest BCUT2D eigenvalue weighted by molar-refractivity contribution is 6.04. The van der Waals surface area contributed by atoms with E-state index in [9.17, 15) is 9.18 Å². The molecule has 2 rings (SSSR count). The smallest absolute Gasteiger partial charge is 0.292 e. The van der Waals surface area contributed by atoms with Gasteiger partial charge in [-0.05, 0) is 37.6 Å². The number of rotatable bonds is 4. The molecule has 5 heteroatoms. The van der Waals surface area contributed by atoms with E-state index in [4.69, 9.17) is 4.74 Å². The van der Waals surface area contributed by atoms with Crippen LogP contribution in [0.2, 0.25) is 0 Å². The maximum Gasteiger partial charge on any atom is 0.292 e. The summed E-state index contributed by atoms with van der Waals surface area (Å²) in [5.74, 6) is -0.929. The third-order valence-electron chi connectivity index (χ3n) is 2.90. The molecule has 2 aromatic rings. The zero-order valence-electron chi connectivity index (χ0n) is 13.1. The summed E-state index contributed by atoms with van der Waals surface area (Å²) in [6.07, 6.45) is -0.141. The minimum Gasteiger partial charge on any atom is -0.462 e. The fraction of sp³-hybridized carbons (Fsp3) is 0.222. The number of aliphatic imine (C=N–C) groups is 1. The Morgan fingerprint density at radius 3 is 2.57 bits per heavy atom. The van der Waals surface area contributed by atoms with E-state index in [0.29, 0.717) is 6.54 Å². The number of carbonyl (C=O) groups is 1. The minimum absolute atomic E-state index is 0.123. The quantitative estimate of drug-likeness (QED) is 0.693. The van der Waals surface area contributed by atoms with Crippen molar-refractivity contribution < 1.29 is 13.9 Å². The number of nitrogens with one attached hydrogen (secondary N) is 1. The van der Waals surface area contributed by atoms with E-state index >= 15 is 0 Å². The average Bonchev–Trinajstić information content (AvgIpc) is 2.53. The van der Waals surface area contributed by atoms with Crippen molar-refractivity contribution in [1.82, 2.24) is 5.32 Å². The van der Waals surface area contributed by atoms with Crippen molar-refractivity contribution in [1.29, 1.82) is 0 Å². The molecular formula is C18H19FN2O2. The number of nitrogens with zero attached hydrogens (tertiary/aromatic N) is 1. The van der Waals surface area contributed by atoms with Crippen LogP contribution in [0, 0.1) is 5.82 Å². The van der Waals surface area contributed by atoms with E-state index in [2.05, 4.69) is 10.3 Å². The molecule has 1 amide bonds. The summed E-state index contributed by atoms with van der Waals surface area (Å²) in [6.45, 7) is 4.06. The molecule has 0 unspecified atom stereocenters. The molecular weight excluding hydrogens is 295 g/mol. The van der Waals surface area contributed by atoms with Crippen molar-refractivity contribution in [2.45, 2.75) is 26.5 Å². The predicted molar refractivity (Wildman–Crippen MR) is 87.7 cm³/mol. The SMILES string of the molecule is CC(C)OC(=NCc1ccccc1)NC(=O)c1cccc(F)c1. The molecule has 23 heavy (non-hydrogen) atoms. The largest absolute Gasteiger partial charge is 0.462 e. The van der Waals surface area contributed by atoms with Crippen LogP contribution in [0.15, 0.2) is 59.6 Å². The van der Waals surface area contributed by atoms with Crippen LogP contribution in [0.25, 0.3) is 0 Å². The van der Waals surface area contributed by atoms with E-state index in [1.807, 2.05) is 44.2 Å². The van der Waals surface area contributed by atoms with Gasteiger partial charge in [-0.15, -0.1) is 0 Å². The van der Waals surface area contributed by atoms with Crippen molar-refractivity contribution in [3.8, 4) is 0 Å². The van der Waals surface area contributed by atoms with Crippen molar-refractivity contribution in [2.24, 2.45) is 4.99 Å². The van der Waals surface area contributed by atoms with Crippen LogP contribution in [-0.4, -0.2) is 18.0 Å². The fourth-order valence-corrected chi connectivity index (χ4v) is 1.88. The Morgan fingerprint density at radius 2 is 1.91 bits per heavy atom. The second kappa shape index (κ2) is 8.08. The maximum atomic E-state index is 13.2. The molecule has 0 heterocycles. The number of hydrogen-bond acceptors (Lipinski definition) is 3. The van der Waals surface area contributed by atoms with E-state index in [1.165, 1.54) is 24.3 Å². The van der Waals surface area contributed by atoms with Crippen LogP contribution in [0.4, 0.5) is 4.39 Å². The molecule has 0 saturated carbocycles. The molecule has 0 spiro atoms. The molecule has 0 atom stereocenters. The first-order valence-corrected chi connectivity index (χ1v) is 7.36. The monoisotopic (exact) mass is 314 g/mol. The van der Waals surface area contributed by atoms with Gasteiger partial charge in [0.05, 0.1) is 12.6 Å². The zero-order chi connectivity index (χ0) is 16.7. The van der Waals surface area contributed by atoms with Gasteiger partial charge in [-0.3, -0.25) is 10.1 Å². The first-order valence-electron chi connectivity index (χ1n) is 7.36. The Hall–Kier alpha value is -2.69. The van der Waals surface area contributed by atoms with Gasteiger partial charge in [0.25, 0.3) is 11.9 Å². The summed E-state index contributed by atoms with van der Waals surface area (Å²) in [7, 11) is 0. The van der Waals surface area contributed by atoms with E-state index in [-0.39, 0.29) is 17.7 Å². The average molecular weight is 314 g/mol. The molecule has 0 radical (unpaired) electrons. The normalized spacial score (nSPS) is 11.4. The van der Waals surface area contributed by atoms with E-state index in [1.54, 1.807) is 0 Å². The molecule has 2 aromatic carbocycles. The Labute approximate surface area is 135 Å². The van der Waals surface area contributed by atoms with Gasteiger partial charge in [-0.25, -0.2) is 9.38 Å². The topological polar surface area (TPSA) is 50.7 Å². The summed E-state index contributed by atoms with van der Waals surface area (Å²) in [4.78, 5) is 16.5. The summed E-state index contributed by atoms with van der Waals surface area (Å²) in [5, 5.41) is 2.58. The Kier molecular flexibility index (Phi) is 5.86. The molecule has 0 saturated heterocycles. The first-order chi connectivity index (χ1) is 11.0. The van der Waals surface area contributed by atoms with Gasteiger partial charge in [0.1, 0.15) is 5.82 Å². The van der Waals surface area contributed by atoms with E-state index < -0.39 is 11.7 Å². The summed E-state index contributed by atoms with van der Waals surface area (Å²) in [6, 6.07) is 15.2. The Bertz CT molecular complexity index is 684. The number of ether oxygens (including phenoxy) is 1. The molecule has 1 N–H and O–H groups in total. The predicted octanol–water partition coefficient (Wildman–Crippen LogP) is 3.54. The maximum absolute atomic E-state index is 13.2. The molecule has 0 aliphatic heterocycles. The summed E-state index contributed by atoms with van der Waals surface area (Å²) < 4.78 is 18.7. The van der Waals surface area contributed by atoms with Crippen LogP contribution in [0.3, 0.4) is 0 Å². The van der Waals surface area contributed by atoms with Gasteiger partial charge in [-0.1, -0.05) is 36.4 Å². The Morgan fingerprint density at radius 1 is 1.17 bits per heavy atom. The molecule has 4 nitrogen and oxygen atoms in total. The van der Waals surface area contributed by atoms with Gasteiger partial charge in [-0.2, -0.15) is 0 Å².